The van der Waals surface area contributed by atoms with Gasteiger partial charge in [0.15, 0.2) is 0 Å². The van der Waals surface area contributed by atoms with Crippen LogP contribution in [0.25, 0.3) is 0 Å². The zero-order chi connectivity index (χ0) is 14.6. The van der Waals surface area contributed by atoms with Crippen LogP contribution in [0.15, 0.2) is 22.7 Å². The van der Waals surface area contributed by atoms with Gasteiger partial charge >= 0.3 is 12.2 Å². The van der Waals surface area contributed by atoms with Gasteiger partial charge in [0, 0.05) is 4.47 Å². The molecule has 9 heteroatoms. The van der Waals surface area contributed by atoms with Crippen molar-refractivity contribution in [2.24, 2.45) is 0 Å². The van der Waals surface area contributed by atoms with E-state index >= 15 is 0 Å². The quantitative estimate of drug-likeness (QED) is 0.796. The van der Waals surface area contributed by atoms with Crippen LogP contribution < -0.4 is 10.6 Å². The molecule has 0 aliphatic carbocycles. The second kappa shape index (κ2) is 6.25. The lowest BCUT2D eigenvalue weighted by molar-refractivity contribution is -0.137. The molecule has 0 aliphatic heterocycles. The van der Waals surface area contributed by atoms with E-state index in [1.54, 1.807) is 0 Å². The molecule has 0 spiro atoms. The number of rotatable bonds is 2. The lowest BCUT2D eigenvalue weighted by atomic mass is 10.2. The molecule has 1 aromatic rings. The number of alkyl halides is 4. The summed E-state index contributed by atoms with van der Waals surface area (Å²) in [5.74, 6) is -1.20. The molecular formula is C10H7BrClF3N2O2. The van der Waals surface area contributed by atoms with E-state index in [2.05, 4.69) is 21.2 Å². The number of anilines is 1. The Morgan fingerprint density at radius 2 is 1.95 bits per heavy atom. The summed E-state index contributed by atoms with van der Waals surface area (Å²) in [5, 5.41) is 3.95. The Balaban J connectivity index is 2.89. The first kappa shape index (κ1) is 15.8. The second-order valence-corrected chi connectivity index (χ2v) is 4.45. The predicted molar refractivity (Wildman–Crippen MR) is 67.0 cm³/mol. The van der Waals surface area contributed by atoms with E-state index in [4.69, 9.17) is 11.6 Å². The molecule has 0 aliphatic rings. The number of urea groups is 1. The van der Waals surface area contributed by atoms with Crippen LogP contribution in [0.2, 0.25) is 0 Å². The van der Waals surface area contributed by atoms with Crippen LogP contribution in [0.5, 0.6) is 0 Å². The summed E-state index contributed by atoms with van der Waals surface area (Å²) in [6.45, 7) is 0. The Hall–Kier alpha value is -1.28. The highest BCUT2D eigenvalue weighted by atomic mass is 79.9. The van der Waals surface area contributed by atoms with Crippen molar-refractivity contribution >= 4 is 45.2 Å². The van der Waals surface area contributed by atoms with E-state index in [1.165, 1.54) is 0 Å². The highest BCUT2D eigenvalue weighted by Gasteiger charge is 2.31. The van der Waals surface area contributed by atoms with Crippen LogP contribution in [-0.4, -0.2) is 17.8 Å². The number of hydrogen-bond donors (Lipinski definition) is 2. The molecule has 0 atom stereocenters. The third-order valence-corrected chi connectivity index (χ3v) is 2.85. The number of carbonyl (C=O) groups is 2. The number of carbonyl (C=O) groups excluding carboxylic acids is 2. The van der Waals surface area contributed by atoms with Crippen molar-refractivity contribution in [2.45, 2.75) is 6.18 Å². The number of amides is 3. The number of benzene rings is 1. The van der Waals surface area contributed by atoms with Gasteiger partial charge in [-0.15, -0.1) is 11.6 Å². The van der Waals surface area contributed by atoms with Crippen molar-refractivity contribution < 1.29 is 22.8 Å². The molecule has 0 bridgehead atoms. The van der Waals surface area contributed by atoms with Gasteiger partial charge in [-0.1, -0.05) is 0 Å². The lowest BCUT2D eigenvalue weighted by Crippen LogP contribution is -2.35. The smallest absolute Gasteiger partial charge is 0.307 e. The van der Waals surface area contributed by atoms with E-state index in [1.807, 2.05) is 5.32 Å². The Morgan fingerprint density at radius 1 is 1.32 bits per heavy atom. The first-order chi connectivity index (χ1) is 8.74. The van der Waals surface area contributed by atoms with Crippen LogP contribution in [-0.2, 0) is 11.0 Å². The van der Waals surface area contributed by atoms with Gasteiger partial charge in [-0.25, -0.2) is 4.79 Å². The zero-order valence-corrected chi connectivity index (χ0v) is 11.5. The zero-order valence-electron chi connectivity index (χ0n) is 9.15. The average molecular weight is 360 g/mol. The Morgan fingerprint density at radius 3 is 2.47 bits per heavy atom. The molecule has 0 fully saturated rings. The molecule has 19 heavy (non-hydrogen) atoms. The molecule has 0 saturated heterocycles. The maximum absolute atomic E-state index is 12.5. The van der Waals surface area contributed by atoms with E-state index < -0.39 is 29.6 Å². The highest BCUT2D eigenvalue weighted by Crippen LogP contribution is 2.33. The van der Waals surface area contributed by atoms with Crippen molar-refractivity contribution in [2.75, 3.05) is 11.2 Å². The van der Waals surface area contributed by atoms with Gasteiger partial charge < -0.3 is 5.32 Å². The molecule has 0 aromatic heterocycles. The van der Waals surface area contributed by atoms with E-state index in [-0.39, 0.29) is 10.2 Å². The fourth-order valence-corrected chi connectivity index (χ4v) is 1.52. The second-order valence-electron chi connectivity index (χ2n) is 3.33. The van der Waals surface area contributed by atoms with Gasteiger partial charge in [0.25, 0.3) is 0 Å². The first-order valence-electron chi connectivity index (χ1n) is 4.77. The SMILES string of the molecule is O=C(CCl)NC(=O)Nc1cc(C(F)(F)F)ccc1Br. The highest BCUT2D eigenvalue weighted by molar-refractivity contribution is 9.10. The maximum Gasteiger partial charge on any atom is 0.416 e. The largest absolute Gasteiger partial charge is 0.416 e. The Bertz CT molecular complexity index is 508. The number of nitrogens with one attached hydrogen (secondary N) is 2. The van der Waals surface area contributed by atoms with Crippen molar-refractivity contribution in [3.8, 4) is 0 Å². The normalized spacial score (nSPS) is 11.0. The van der Waals surface area contributed by atoms with Crippen molar-refractivity contribution in [3.05, 3.63) is 28.2 Å². The molecular weight excluding hydrogens is 352 g/mol. The maximum atomic E-state index is 12.5. The van der Waals surface area contributed by atoms with Crippen LogP contribution >= 0.6 is 27.5 Å². The number of halogens is 5. The van der Waals surface area contributed by atoms with Crippen LogP contribution in [0.1, 0.15) is 5.56 Å². The minimum absolute atomic E-state index is 0.116. The molecule has 104 valence electrons. The summed E-state index contributed by atoms with van der Waals surface area (Å²) >= 11 is 8.15. The molecule has 1 rings (SSSR count). The van der Waals surface area contributed by atoms with E-state index in [0.717, 1.165) is 18.2 Å². The van der Waals surface area contributed by atoms with Gasteiger partial charge in [0.1, 0.15) is 5.88 Å². The lowest BCUT2D eigenvalue weighted by Gasteiger charge is -2.11. The van der Waals surface area contributed by atoms with Crippen LogP contribution in [0.4, 0.5) is 23.7 Å². The van der Waals surface area contributed by atoms with Crippen LogP contribution in [0, 0.1) is 0 Å². The monoisotopic (exact) mass is 358 g/mol. The standard InChI is InChI=1S/C10H7BrClF3N2O2/c11-6-2-1-5(10(13,14)15)3-7(6)16-9(19)17-8(18)4-12/h1-3H,4H2,(H2,16,17,18,19). The summed E-state index contributed by atoms with van der Waals surface area (Å²) in [6.07, 6.45) is -4.53. The Labute approximate surface area is 119 Å². The summed E-state index contributed by atoms with van der Waals surface area (Å²) in [6, 6.07) is 1.78. The molecule has 0 unspecified atom stereocenters. The molecule has 0 radical (unpaired) electrons. The number of hydrogen-bond acceptors (Lipinski definition) is 2. The van der Waals surface area contributed by atoms with Gasteiger partial charge in [0.05, 0.1) is 11.3 Å². The van der Waals surface area contributed by atoms with E-state index in [9.17, 15) is 22.8 Å². The number of imide groups is 1. The van der Waals surface area contributed by atoms with Gasteiger partial charge in [-0.05, 0) is 34.1 Å². The molecule has 3 amide bonds. The van der Waals surface area contributed by atoms with Gasteiger partial charge in [0.2, 0.25) is 5.91 Å². The predicted octanol–water partition coefficient (Wildman–Crippen LogP) is 3.35. The van der Waals surface area contributed by atoms with E-state index in [0.29, 0.717) is 0 Å². The third-order valence-electron chi connectivity index (χ3n) is 1.92. The third kappa shape index (κ3) is 4.71. The molecule has 4 nitrogen and oxygen atoms in total. The van der Waals surface area contributed by atoms with Gasteiger partial charge in [-0.2, -0.15) is 13.2 Å². The van der Waals surface area contributed by atoms with Gasteiger partial charge in [-0.3, -0.25) is 10.1 Å². The molecule has 2 N–H and O–H groups in total. The molecule has 0 saturated carbocycles. The topological polar surface area (TPSA) is 58.2 Å². The Kier molecular flexibility index (Phi) is 5.19. The summed E-state index contributed by atoms with van der Waals surface area (Å²) < 4.78 is 37.7. The van der Waals surface area contributed by atoms with Crippen molar-refractivity contribution in [1.82, 2.24) is 5.32 Å². The minimum Gasteiger partial charge on any atom is -0.307 e. The summed E-state index contributed by atoms with van der Waals surface area (Å²) in [4.78, 5) is 22.1. The van der Waals surface area contributed by atoms with Crippen molar-refractivity contribution in [3.63, 3.8) is 0 Å². The molecule has 1 aromatic carbocycles. The minimum atomic E-state index is -4.53. The fraction of sp³-hybridized carbons (Fsp3) is 0.200. The summed E-state index contributed by atoms with van der Waals surface area (Å²) in [7, 11) is 0. The van der Waals surface area contributed by atoms with Crippen LogP contribution in [0.3, 0.4) is 0 Å². The fourth-order valence-electron chi connectivity index (χ4n) is 1.11. The first-order valence-corrected chi connectivity index (χ1v) is 6.10. The average Bonchev–Trinajstić information content (AvgIpc) is 2.30. The molecule has 0 heterocycles. The van der Waals surface area contributed by atoms with Crippen molar-refractivity contribution in [1.29, 1.82) is 0 Å². The summed E-state index contributed by atoms with van der Waals surface area (Å²) in [5.41, 5.74) is -1.04.